The lowest BCUT2D eigenvalue weighted by molar-refractivity contribution is -0.136. The molecule has 0 saturated carbocycles. The van der Waals surface area contributed by atoms with Crippen molar-refractivity contribution in [3.8, 4) is 5.75 Å². The Labute approximate surface area is 129 Å². The predicted octanol–water partition coefficient (Wildman–Crippen LogP) is 3.79. The summed E-state index contributed by atoms with van der Waals surface area (Å²) in [5, 5.41) is 8.71. The fourth-order valence-electron chi connectivity index (χ4n) is 1.91. The fraction of sp³-hybridized carbons (Fsp3) is 0.235. The maximum Gasteiger partial charge on any atom is 0.307 e. The zero-order valence-corrected chi connectivity index (χ0v) is 12.7. The number of hydrogen-bond acceptors (Lipinski definition) is 3. The lowest BCUT2D eigenvalue weighted by atomic mass is 10.1. The fourth-order valence-corrected chi connectivity index (χ4v) is 2.76. The van der Waals surface area contributed by atoms with Gasteiger partial charge < -0.3 is 9.84 Å². The first-order chi connectivity index (χ1) is 10.1. The number of aryl methyl sites for hydroxylation is 1. The molecule has 110 valence electrons. The van der Waals surface area contributed by atoms with E-state index in [1.165, 1.54) is 10.5 Å². The molecule has 0 aliphatic rings. The smallest absolute Gasteiger partial charge is 0.307 e. The summed E-state index contributed by atoms with van der Waals surface area (Å²) in [6, 6.07) is 15.5. The van der Waals surface area contributed by atoms with Crippen molar-refractivity contribution < 1.29 is 14.6 Å². The molecule has 0 amide bonds. The number of ether oxygens (including phenoxy) is 1. The molecule has 2 aromatic rings. The van der Waals surface area contributed by atoms with Gasteiger partial charge in [0.25, 0.3) is 0 Å². The molecular weight excluding hydrogens is 284 g/mol. The number of carboxylic acids is 1. The first-order valence-electron chi connectivity index (χ1n) is 6.77. The van der Waals surface area contributed by atoms with Gasteiger partial charge in [-0.05, 0) is 36.2 Å². The topological polar surface area (TPSA) is 46.5 Å². The molecule has 4 heteroatoms. The van der Waals surface area contributed by atoms with Crippen molar-refractivity contribution in [3.63, 3.8) is 0 Å². The SMILES string of the molecule is Cc1ccccc1SCCOc1ccc(CC(=O)O)cc1. The Balaban J connectivity index is 1.76. The molecule has 0 aliphatic heterocycles. The van der Waals surface area contributed by atoms with Crippen molar-refractivity contribution in [3.05, 3.63) is 59.7 Å². The molecule has 0 radical (unpaired) electrons. The maximum absolute atomic E-state index is 10.6. The molecule has 2 rings (SSSR count). The lowest BCUT2D eigenvalue weighted by Crippen LogP contribution is -2.02. The summed E-state index contributed by atoms with van der Waals surface area (Å²) >= 11 is 1.78. The van der Waals surface area contributed by atoms with Gasteiger partial charge in [-0.25, -0.2) is 0 Å². The maximum atomic E-state index is 10.6. The second-order valence-electron chi connectivity index (χ2n) is 4.68. The van der Waals surface area contributed by atoms with Gasteiger partial charge in [-0.2, -0.15) is 0 Å². The van der Waals surface area contributed by atoms with Crippen LogP contribution in [0.25, 0.3) is 0 Å². The van der Waals surface area contributed by atoms with Gasteiger partial charge >= 0.3 is 5.97 Å². The van der Waals surface area contributed by atoms with Crippen molar-refractivity contribution in [2.45, 2.75) is 18.2 Å². The molecule has 0 atom stereocenters. The van der Waals surface area contributed by atoms with Crippen LogP contribution < -0.4 is 4.74 Å². The summed E-state index contributed by atoms with van der Waals surface area (Å²) < 4.78 is 5.66. The summed E-state index contributed by atoms with van der Waals surface area (Å²) in [7, 11) is 0. The summed E-state index contributed by atoms with van der Waals surface area (Å²) in [4.78, 5) is 11.9. The van der Waals surface area contributed by atoms with Gasteiger partial charge in [0, 0.05) is 10.6 Å². The number of thioether (sulfide) groups is 1. The molecule has 3 nitrogen and oxygen atoms in total. The molecular formula is C17H18O3S. The third-order valence-corrected chi connectivity index (χ3v) is 4.12. The van der Waals surface area contributed by atoms with E-state index in [9.17, 15) is 4.79 Å². The molecule has 0 heterocycles. The molecule has 21 heavy (non-hydrogen) atoms. The normalized spacial score (nSPS) is 10.3. The molecule has 1 N–H and O–H groups in total. The summed E-state index contributed by atoms with van der Waals surface area (Å²) in [5.74, 6) is 0.828. The molecule has 0 aromatic heterocycles. The van der Waals surface area contributed by atoms with Crippen molar-refractivity contribution in [2.75, 3.05) is 12.4 Å². The Morgan fingerprint density at radius 1 is 1.14 bits per heavy atom. The predicted molar refractivity (Wildman–Crippen MR) is 85.2 cm³/mol. The minimum atomic E-state index is -0.821. The summed E-state index contributed by atoms with van der Waals surface area (Å²) in [6.45, 7) is 2.72. The van der Waals surface area contributed by atoms with Gasteiger partial charge in [0.15, 0.2) is 0 Å². The van der Waals surface area contributed by atoms with Crippen LogP contribution in [0.5, 0.6) is 5.75 Å². The van der Waals surface area contributed by atoms with Crippen LogP contribution in [0.15, 0.2) is 53.4 Å². The van der Waals surface area contributed by atoms with E-state index < -0.39 is 5.97 Å². The highest BCUT2D eigenvalue weighted by atomic mass is 32.2. The van der Waals surface area contributed by atoms with Crippen LogP contribution in [-0.2, 0) is 11.2 Å². The average molecular weight is 302 g/mol. The van der Waals surface area contributed by atoms with Crippen LogP contribution in [0.1, 0.15) is 11.1 Å². The number of hydrogen-bond donors (Lipinski definition) is 1. The molecule has 0 aliphatic carbocycles. The summed E-state index contributed by atoms with van der Waals surface area (Å²) in [6.07, 6.45) is 0.0451. The Hall–Kier alpha value is -1.94. The van der Waals surface area contributed by atoms with E-state index in [2.05, 4.69) is 19.1 Å². The second-order valence-corrected chi connectivity index (χ2v) is 5.81. The van der Waals surface area contributed by atoms with Crippen LogP contribution in [0, 0.1) is 6.92 Å². The van der Waals surface area contributed by atoms with Crippen LogP contribution in [0.2, 0.25) is 0 Å². The third-order valence-electron chi connectivity index (χ3n) is 2.98. The van der Waals surface area contributed by atoms with Crippen LogP contribution in [0.3, 0.4) is 0 Å². The average Bonchev–Trinajstić information content (AvgIpc) is 2.46. The highest BCUT2D eigenvalue weighted by molar-refractivity contribution is 7.99. The Bertz CT molecular complexity index is 593. The Kier molecular flexibility index (Phi) is 5.69. The lowest BCUT2D eigenvalue weighted by Gasteiger charge is -2.08. The number of carboxylic acid groups (broad SMARTS) is 1. The minimum absolute atomic E-state index is 0.0451. The molecule has 2 aromatic carbocycles. The van der Waals surface area contributed by atoms with E-state index in [0.717, 1.165) is 17.1 Å². The van der Waals surface area contributed by atoms with Gasteiger partial charge in [-0.1, -0.05) is 30.3 Å². The highest BCUT2D eigenvalue weighted by Gasteiger charge is 2.01. The van der Waals surface area contributed by atoms with Crippen molar-refractivity contribution >= 4 is 17.7 Å². The van der Waals surface area contributed by atoms with Gasteiger partial charge in [0.2, 0.25) is 0 Å². The monoisotopic (exact) mass is 302 g/mol. The van der Waals surface area contributed by atoms with Gasteiger partial charge in [0.1, 0.15) is 5.75 Å². The zero-order chi connectivity index (χ0) is 15.1. The zero-order valence-electron chi connectivity index (χ0n) is 11.9. The first-order valence-corrected chi connectivity index (χ1v) is 7.75. The van der Waals surface area contributed by atoms with E-state index in [1.807, 2.05) is 24.3 Å². The standard InChI is InChI=1S/C17H18O3S/c1-13-4-2-3-5-16(13)21-11-10-20-15-8-6-14(7-9-15)12-17(18)19/h2-9H,10-12H2,1H3,(H,18,19). The van der Waals surface area contributed by atoms with Gasteiger partial charge in [-0.15, -0.1) is 11.8 Å². The quantitative estimate of drug-likeness (QED) is 0.624. The second kappa shape index (κ2) is 7.74. The Morgan fingerprint density at radius 2 is 1.86 bits per heavy atom. The number of rotatable bonds is 7. The van der Waals surface area contributed by atoms with Gasteiger partial charge in [-0.3, -0.25) is 4.79 Å². The summed E-state index contributed by atoms with van der Waals surface area (Å²) in [5.41, 5.74) is 2.06. The van der Waals surface area contributed by atoms with E-state index in [1.54, 1.807) is 23.9 Å². The van der Waals surface area contributed by atoms with E-state index in [4.69, 9.17) is 9.84 Å². The van der Waals surface area contributed by atoms with Crippen LogP contribution in [-0.4, -0.2) is 23.4 Å². The van der Waals surface area contributed by atoms with E-state index in [0.29, 0.717) is 6.61 Å². The van der Waals surface area contributed by atoms with Crippen molar-refractivity contribution in [2.24, 2.45) is 0 Å². The van der Waals surface area contributed by atoms with Crippen LogP contribution in [0.4, 0.5) is 0 Å². The van der Waals surface area contributed by atoms with E-state index >= 15 is 0 Å². The number of aliphatic carboxylic acids is 1. The van der Waals surface area contributed by atoms with Gasteiger partial charge in [0.05, 0.1) is 13.0 Å². The largest absolute Gasteiger partial charge is 0.493 e. The van der Waals surface area contributed by atoms with Crippen molar-refractivity contribution in [1.29, 1.82) is 0 Å². The third kappa shape index (κ3) is 5.16. The first kappa shape index (κ1) is 15.4. The minimum Gasteiger partial charge on any atom is -0.493 e. The molecule has 0 saturated heterocycles. The molecule has 0 unspecified atom stereocenters. The molecule has 0 fully saturated rings. The molecule has 0 bridgehead atoms. The highest BCUT2D eigenvalue weighted by Crippen LogP contribution is 2.22. The van der Waals surface area contributed by atoms with E-state index in [-0.39, 0.29) is 6.42 Å². The number of carbonyl (C=O) groups is 1. The van der Waals surface area contributed by atoms with Crippen molar-refractivity contribution in [1.82, 2.24) is 0 Å². The Morgan fingerprint density at radius 3 is 2.52 bits per heavy atom. The number of benzene rings is 2. The molecule has 0 spiro atoms. The van der Waals surface area contributed by atoms with Crippen LogP contribution >= 0.6 is 11.8 Å².